The summed E-state index contributed by atoms with van der Waals surface area (Å²) in [6, 6.07) is 11.5. The zero-order valence-electron chi connectivity index (χ0n) is 11.0. The molecule has 0 saturated heterocycles. The van der Waals surface area contributed by atoms with Gasteiger partial charge in [0.15, 0.2) is 0 Å². The van der Waals surface area contributed by atoms with Crippen molar-refractivity contribution in [1.29, 1.82) is 0 Å². The number of nitrogen functional groups attached to an aromatic ring is 1. The molecule has 0 radical (unpaired) electrons. The minimum atomic E-state index is -0.168. The first-order valence-electron chi connectivity index (χ1n) is 6.31. The number of pyridine rings is 1. The molecular formula is C15H12BrN3OS. The summed E-state index contributed by atoms with van der Waals surface area (Å²) >= 11 is 4.70. The van der Waals surface area contributed by atoms with Crippen LogP contribution in [0, 0.1) is 0 Å². The number of benzene rings is 1. The summed E-state index contributed by atoms with van der Waals surface area (Å²) in [5.74, 6) is -0.168. The minimum absolute atomic E-state index is 0.168. The molecule has 3 N–H and O–H groups in total. The van der Waals surface area contributed by atoms with Crippen molar-refractivity contribution in [3.63, 3.8) is 0 Å². The standard InChI is InChI=1S/C15H12BrN3OS/c16-10-5-3-9(4-6-10)8-19-14(20)13-12(17)11-2-1-7-18-15(11)21-13/h1-7H,8,17H2,(H,19,20). The van der Waals surface area contributed by atoms with Gasteiger partial charge in [-0.1, -0.05) is 28.1 Å². The number of nitrogens with two attached hydrogens (primary N) is 1. The largest absolute Gasteiger partial charge is 0.397 e. The number of rotatable bonds is 3. The maximum atomic E-state index is 12.3. The van der Waals surface area contributed by atoms with Crippen molar-refractivity contribution in [3.05, 3.63) is 57.5 Å². The molecule has 4 nitrogen and oxygen atoms in total. The normalized spacial score (nSPS) is 10.7. The van der Waals surface area contributed by atoms with Crippen LogP contribution in [0.5, 0.6) is 0 Å². The fourth-order valence-corrected chi connectivity index (χ4v) is 3.23. The predicted octanol–water partition coefficient (Wildman–Crippen LogP) is 3.57. The number of nitrogens with zero attached hydrogens (tertiary/aromatic N) is 1. The molecule has 6 heteroatoms. The fourth-order valence-electron chi connectivity index (χ4n) is 1.98. The van der Waals surface area contributed by atoms with Crippen molar-refractivity contribution in [1.82, 2.24) is 10.3 Å². The first-order valence-corrected chi connectivity index (χ1v) is 7.92. The Balaban J connectivity index is 1.78. The average molecular weight is 362 g/mol. The summed E-state index contributed by atoms with van der Waals surface area (Å²) in [6.07, 6.45) is 1.70. The SMILES string of the molecule is Nc1c(C(=O)NCc2ccc(Br)cc2)sc2ncccc12. The van der Waals surface area contributed by atoms with Gasteiger partial charge in [-0.2, -0.15) is 0 Å². The molecule has 0 spiro atoms. The van der Waals surface area contributed by atoms with Crippen LogP contribution in [0.1, 0.15) is 15.2 Å². The Morgan fingerprint density at radius 2 is 2.05 bits per heavy atom. The van der Waals surface area contributed by atoms with Crippen molar-refractivity contribution < 1.29 is 4.79 Å². The molecular weight excluding hydrogens is 350 g/mol. The summed E-state index contributed by atoms with van der Waals surface area (Å²) in [6.45, 7) is 0.466. The summed E-state index contributed by atoms with van der Waals surface area (Å²) in [5.41, 5.74) is 7.56. The summed E-state index contributed by atoms with van der Waals surface area (Å²) in [5, 5.41) is 3.71. The monoisotopic (exact) mass is 361 g/mol. The summed E-state index contributed by atoms with van der Waals surface area (Å²) in [7, 11) is 0. The van der Waals surface area contributed by atoms with Crippen LogP contribution in [0.2, 0.25) is 0 Å². The Bertz CT molecular complexity index is 798. The number of halogens is 1. The van der Waals surface area contributed by atoms with Crippen LogP contribution in [0.3, 0.4) is 0 Å². The molecule has 2 aromatic heterocycles. The van der Waals surface area contributed by atoms with Gasteiger partial charge < -0.3 is 11.1 Å². The van der Waals surface area contributed by atoms with E-state index in [1.54, 1.807) is 6.20 Å². The van der Waals surface area contributed by atoms with Gasteiger partial charge >= 0.3 is 0 Å². The highest BCUT2D eigenvalue weighted by atomic mass is 79.9. The van der Waals surface area contributed by atoms with E-state index in [2.05, 4.69) is 26.2 Å². The van der Waals surface area contributed by atoms with Crippen LogP contribution in [-0.4, -0.2) is 10.9 Å². The summed E-state index contributed by atoms with van der Waals surface area (Å²) < 4.78 is 1.01. The van der Waals surface area contributed by atoms with Gasteiger partial charge in [0.2, 0.25) is 0 Å². The lowest BCUT2D eigenvalue weighted by molar-refractivity contribution is 0.0956. The van der Waals surface area contributed by atoms with Gasteiger partial charge in [0.25, 0.3) is 5.91 Å². The Morgan fingerprint density at radius 1 is 1.29 bits per heavy atom. The van der Waals surface area contributed by atoms with Crippen LogP contribution in [0.4, 0.5) is 5.69 Å². The maximum absolute atomic E-state index is 12.3. The molecule has 0 fully saturated rings. The van der Waals surface area contributed by atoms with Crippen molar-refractivity contribution in [2.24, 2.45) is 0 Å². The number of thiophene rings is 1. The number of hydrogen-bond acceptors (Lipinski definition) is 4. The average Bonchev–Trinajstić information content (AvgIpc) is 2.84. The molecule has 106 valence electrons. The number of carbonyl (C=O) groups is 1. The molecule has 0 atom stereocenters. The Hall–Kier alpha value is -1.92. The second kappa shape index (κ2) is 5.83. The zero-order chi connectivity index (χ0) is 14.8. The molecule has 0 saturated carbocycles. The lowest BCUT2D eigenvalue weighted by Crippen LogP contribution is -2.22. The first kappa shape index (κ1) is 14.0. The van der Waals surface area contributed by atoms with E-state index in [1.165, 1.54) is 11.3 Å². The van der Waals surface area contributed by atoms with E-state index in [1.807, 2.05) is 36.4 Å². The lowest BCUT2D eigenvalue weighted by Gasteiger charge is -2.04. The van der Waals surface area contributed by atoms with Crippen molar-refractivity contribution in [3.8, 4) is 0 Å². The summed E-state index contributed by atoms with van der Waals surface area (Å²) in [4.78, 5) is 17.8. The number of nitrogens with one attached hydrogen (secondary N) is 1. The molecule has 0 unspecified atom stereocenters. The molecule has 3 aromatic rings. The van der Waals surface area contributed by atoms with E-state index >= 15 is 0 Å². The van der Waals surface area contributed by atoms with Gasteiger partial charge in [-0.25, -0.2) is 4.98 Å². The van der Waals surface area contributed by atoms with E-state index < -0.39 is 0 Å². The quantitative estimate of drug-likeness (QED) is 0.749. The second-order valence-corrected chi connectivity index (χ2v) is 6.42. The van der Waals surface area contributed by atoms with Crippen LogP contribution in [-0.2, 0) is 6.54 Å². The smallest absolute Gasteiger partial charge is 0.263 e. The van der Waals surface area contributed by atoms with Crippen LogP contribution in [0.15, 0.2) is 47.1 Å². The van der Waals surface area contributed by atoms with Gasteiger partial charge in [-0.3, -0.25) is 4.79 Å². The molecule has 1 amide bonds. The number of amides is 1. The molecule has 0 aliphatic carbocycles. The minimum Gasteiger partial charge on any atom is -0.397 e. The fraction of sp³-hybridized carbons (Fsp3) is 0.0667. The predicted molar refractivity (Wildman–Crippen MR) is 89.3 cm³/mol. The number of anilines is 1. The first-order chi connectivity index (χ1) is 10.1. The molecule has 3 rings (SSSR count). The third-order valence-electron chi connectivity index (χ3n) is 3.08. The third kappa shape index (κ3) is 2.91. The molecule has 0 bridgehead atoms. The number of aromatic nitrogens is 1. The van der Waals surface area contributed by atoms with Crippen LogP contribution < -0.4 is 11.1 Å². The third-order valence-corrected chi connectivity index (χ3v) is 4.73. The maximum Gasteiger partial charge on any atom is 0.263 e. The van der Waals surface area contributed by atoms with E-state index in [-0.39, 0.29) is 5.91 Å². The topological polar surface area (TPSA) is 68.0 Å². The van der Waals surface area contributed by atoms with Gasteiger partial charge in [0.1, 0.15) is 9.71 Å². The highest BCUT2D eigenvalue weighted by Gasteiger charge is 2.16. The van der Waals surface area contributed by atoms with E-state index in [0.29, 0.717) is 17.1 Å². The Kier molecular flexibility index (Phi) is 3.90. The molecule has 1 aromatic carbocycles. The second-order valence-electron chi connectivity index (χ2n) is 4.51. The number of fused-ring (bicyclic) bond motifs is 1. The molecule has 21 heavy (non-hydrogen) atoms. The Labute approximate surface area is 134 Å². The lowest BCUT2D eigenvalue weighted by atomic mass is 10.2. The zero-order valence-corrected chi connectivity index (χ0v) is 13.4. The number of hydrogen-bond donors (Lipinski definition) is 2. The highest BCUT2D eigenvalue weighted by molar-refractivity contribution is 9.10. The van der Waals surface area contributed by atoms with Crippen LogP contribution >= 0.6 is 27.3 Å². The van der Waals surface area contributed by atoms with E-state index in [4.69, 9.17) is 5.73 Å². The van der Waals surface area contributed by atoms with E-state index in [9.17, 15) is 4.79 Å². The number of carbonyl (C=O) groups excluding carboxylic acids is 1. The Morgan fingerprint density at radius 3 is 2.76 bits per heavy atom. The van der Waals surface area contributed by atoms with Gasteiger partial charge in [-0.15, -0.1) is 11.3 Å². The highest BCUT2D eigenvalue weighted by Crippen LogP contribution is 2.31. The van der Waals surface area contributed by atoms with Crippen molar-refractivity contribution in [2.45, 2.75) is 6.54 Å². The molecule has 0 aliphatic rings. The van der Waals surface area contributed by atoms with Crippen molar-refractivity contribution in [2.75, 3.05) is 5.73 Å². The van der Waals surface area contributed by atoms with E-state index in [0.717, 1.165) is 20.3 Å². The molecule has 0 aliphatic heterocycles. The van der Waals surface area contributed by atoms with Crippen molar-refractivity contribution >= 4 is 49.1 Å². The molecule has 2 heterocycles. The van der Waals surface area contributed by atoms with Gasteiger partial charge in [-0.05, 0) is 29.8 Å². The van der Waals surface area contributed by atoms with Crippen LogP contribution in [0.25, 0.3) is 10.2 Å². The van der Waals surface area contributed by atoms with Gasteiger partial charge in [0, 0.05) is 22.6 Å². The van der Waals surface area contributed by atoms with Gasteiger partial charge in [0.05, 0.1) is 5.69 Å².